The normalized spacial score (nSPS) is 13.1. The van der Waals surface area contributed by atoms with Crippen LogP contribution in [0.4, 0.5) is 0 Å². The van der Waals surface area contributed by atoms with Crippen molar-refractivity contribution >= 4 is 17.5 Å². The lowest BCUT2D eigenvalue weighted by Crippen LogP contribution is -2.37. The first-order valence-corrected chi connectivity index (χ1v) is 11.3. The van der Waals surface area contributed by atoms with Crippen molar-refractivity contribution in [3.8, 4) is 5.75 Å². The molecule has 0 unspecified atom stereocenters. The van der Waals surface area contributed by atoms with Gasteiger partial charge in [-0.3, -0.25) is 14.3 Å². The fraction of sp³-hybridized carbons (Fsp3) is 0.280. The summed E-state index contributed by atoms with van der Waals surface area (Å²) in [7, 11) is 1.64. The second kappa shape index (κ2) is 9.01. The summed E-state index contributed by atoms with van der Waals surface area (Å²) in [6.45, 7) is 3.72. The SMILES string of the molecule is CCNC(=O)c1nn(Cc2cccc(OC)c2)c2c1CN(C(=O)c1cn3ccccc3n1)CC2. The predicted molar refractivity (Wildman–Crippen MR) is 126 cm³/mol. The minimum Gasteiger partial charge on any atom is -0.497 e. The summed E-state index contributed by atoms with van der Waals surface area (Å²) >= 11 is 0. The van der Waals surface area contributed by atoms with Gasteiger partial charge in [-0.05, 0) is 36.8 Å². The second-order valence-electron chi connectivity index (χ2n) is 8.21. The Hall–Kier alpha value is -4.14. The Morgan fingerprint density at radius 3 is 2.85 bits per heavy atom. The van der Waals surface area contributed by atoms with Gasteiger partial charge in [-0.2, -0.15) is 5.10 Å². The number of amides is 2. The summed E-state index contributed by atoms with van der Waals surface area (Å²) in [4.78, 5) is 32.3. The third-order valence-corrected chi connectivity index (χ3v) is 6.02. The number of benzene rings is 1. The highest BCUT2D eigenvalue weighted by molar-refractivity contribution is 5.95. The lowest BCUT2D eigenvalue weighted by molar-refractivity contribution is 0.0725. The molecule has 0 aliphatic carbocycles. The predicted octanol–water partition coefficient (Wildman–Crippen LogP) is 2.54. The molecule has 0 radical (unpaired) electrons. The number of nitrogens with one attached hydrogen (secondary N) is 1. The van der Waals surface area contributed by atoms with Crippen molar-refractivity contribution in [2.24, 2.45) is 0 Å². The van der Waals surface area contributed by atoms with Crippen molar-refractivity contribution in [2.45, 2.75) is 26.4 Å². The van der Waals surface area contributed by atoms with Crippen LogP contribution in [-0.4, -0.2) is 56.1 Å². The van der Waals surface area contributed by atoms with E-state index >= 15 is 0 Å². The molecule has 9 nitrogen and oxygen atoms in total. The van der Waals surface area contributed by atoms with Crippen molar-refractivity contribution in [1.82, 2.24) is 29.4 Å². The van der Waals surface area contributed by atoms with Crippen LogP contribution in [0, 0.1) is 0 Å². The van der Waals surface area contributed by atoms with Crippen LogP contribution >= 0.6 is 0 Å². The molecule has 4 aromatic rings. The van der Waals surface area contributed by atoms with E-state index in [2.05, 4.69) is 15.4 Å². The molecule has 1 aromatic carbocycles. The van der Waals surface area contributed by atoms with Crippen LogP contribution in [0.2, 0.25) is 0 Å². The summed E-state index contributed by atoms with van der Waals surface area (Å²) < 4.78 is 9.04. The standard InChI is InChI=1S/C25H26N6O3/c1-3-26-24(32)23-19-15-30(25(33)20-16-29-11-5-4-9-22(29)27-20)12-10-21(19)31(28-23)14-17-7-6-8-18(13-17)34-2/h4-9,11,13,16H,3,10,12,14-15H2,1-2H3,(H,26,32). The Morgan fingerprint density at radius 2 is 2.06 bits per heavy atom. The monoisotopic (exact) mass is 458 g/mol. The fourth-order valence-corrected chi connectivity index (χ4v) is 4.37. The van der Waals surface area contributed by atoms with Crippen LogP contribution in [0.25, 0.3) is 5.65 Å². The third-order valence-electron chi connectivity index (χ3n) is 6.02. The number of carbonyl (C=O) groups excluding carboxylic acids is 2. The first-order chi connectivity index (χ1) is 16.6. The van der Waals surface area contributed by atoms with E-state index in [-0.39, 0.29) is 11.8 Å². The number of methoxy groups -OCH3 is 1. The number of carbonyl (C=O) groups is 2. The van der Waals surface area contributed by atoms with Gasteiger partial charge in [-0.1, -0.05) is 18.2 Å². The highest BCUT2D eigenvalue weighted by Crippen LogP contribution is 2.25. The molecule has 9 heteroatoms. The molecule has 5 rings (SSSR count). The van der Waals surface area contributed by atoms with E-state index in [9.17, 15) is 9.59 Å². The fourth-order valence-electron chi connectivity index (χ4n) is 4.37. The maximum Gasteiger partial charge on any atom is 0.274 e. The summed E-state index contributed by atoms with van der Waals surface area (Å²) in [5.74, 6) is 0.383. The number of nitrogens with zero attached hydrogens (tertiary/aromatic N) is 5. The van der Waals surface area contributed by atoms with Crippen LogP contribution in [-0.2, 0) is 19.5 Å². The zero-order valence-corrected chi connectivity index (χ0v) is 19.2. The topological polar surface area (TPSA) is 93.8 Å². The van der Waals surface area contributed by atoms with Crippen molar-refractivity contribution in [3.63, 3.8) is 0 Å². The average Bonchev–Trinajstić information content (AvgIpc) is 3.45. The molecular formula is C25H26N6O3. The smallest absolute Gasteiger partial charge is 0.274 e. The molecular weight excluding hydrogens is 432 g/mol. The molecule has 3 aromatic heterocycles. The highest BCUT2D eigenvalue weighted by atomic mass is 16.5. The van der Waals surface area contributed by atoms with E-state index in [4.69, 9.17) is 4.74 Å². The number of pyridine rings is 1. The molecule has 2 amide bonds. The van der Waals surface area contributed by atoms with E-state index in [0.29, 0.717) is 44.0 Å². The van der Waals surface area contributed by atoms with Gasteiger partial charge in [0.05, 0.1) is 20.2 Å². The first-order valence-electron chi connectivity index (χ1n) is 11.3. The van der Waals surface area contributed by atoms with E-state index < -0.39 is 0 Å². The van der Waals surface area contributed by atoms with Crippen LogP contribution < -0.4 is 10.1 Å². The van der Waals surface area contributed by atoms with Crippen LogP contribution in [0.5, 0.6) is 5.75 Å². The molecule has 0 saturated carbocycles. The summed E-state index contributed by atoms with van der Waals surface area (Å²) in [6.07, 6.45) is 4.21. The minimum absolute atomic E-state index is 0.156. The van der Waals surface area contributed by atoms with Gasteiger partial charge in [-0.15, -0.1) is 0 Å². The number of hydrogen-bond acceptors (Lipinski definition) is 5. The molecule has 0 atom stereocenters. The number of aromatic nitrogens is 4. The zero-order valence-electron chi connectivity index (χ0n) is 19.2. The summed E-state index contributed by atoms with van der Waals surface area (Å²) in [5.41, 5.74) is 4.26. The molecule has 1 N–H and O–H groups in total. The molecule has 34 heavy (non-hydrogen) atoms. The Balaban J connectivity index is 1.46. The van der Waals surface area contributed by atoms with Crippen molar-refractivity contribution in [1.29, 1.82) is 0 Å². The summed E-state index contributed by atoms with van der Waals surface area (Å²) in [5, 5.41) is 7.52. The van der Waals surface area contributed by atoms with Gasteiger partial charge in [0.1, 0.15) is 17.1 Å². The van der Waals surface area contributed by atoms with E-state index in [1.165, 1.54) is 0 Å². The van der Waals surface area contributed by atoms with Gasteiger partial charge in [0, 0.05) is 43.2 Å². The summed E-state index contributed by atoms with van der Waals surface area (Å²) in [6, 6.07) is 13.4. The number of hydrogen-bond donors (Lipinski definition) is 1. The molecule has 1 aliphatic heterocycles. The van der Waals surface area contributed by atoms with Crippen LogP contribution in [0.1, 0.15) is 44.7 Å². The van der Waals surface area contributed by atoms with E-state index in [1.54, 1.807) is 18.2 Å². The van der Waals surface area contributed by atoms with Gasteiger partial charge < -0.3 is 19.4 Å². The van der Waals surface area contributed by atoms with E-state index in [1.807, 2.05) is 64.7 Å². The van der Waals surface area contributed by atoms with E-state index in [0.717, 1.165) is 28.2 Å². The van der Waals surface area contributed by atoms with Gasteiger partial charge in [0.2, 0.25) is 0 Å². The quantitative estimate of drug-likeness (QED) is 0.479. The Labute approximate surface area is 197 Å². The molecule has 1 aliphatic rings. The van der Waals surface area contributed by atoms with Gasteiger partial charge in [-0.25, -0.2) is 4.98 Å². The first kappa shape index (κ1) is 21.7. The molecule has 0 fully saturated rings. The Bertz CT molecular complexity index is 1340. The number of fused-ring (bicyclic) bond motifs is 2. The third kappa shape index (κ3) is 4.00. The van der Waals surface area contributed by atoms with Crippen LogP contribution in [0.15, 0.2) is 54.9 Å². The lowest BCUT2D eigenvalue weighted by atomic mass is 10.0. The minimum atomic E-state index is -0.231. The Morgan fingerprint density at radius 1 is 1.18 bits per heavy atom. The molecule has 0 saturated heterocycles. The second-order valence-corrected chi connectivity index (χ2v) is 8.21. The van der Waals surface area contributed by atoms with Gasteiger partial charge in [0.15, 0.2) is 5.69 Å². The number of ether oxygens (including phenoxy) is 1. The van der Waals surface area contributed by atoms with Crippen molar-refractivity contribution < 1.29 is 14.3 Å². The molecule has 0 spiro atoms. The molecule has 4 heterocycles. The molecule has 0 bridgehead atoms. The Kier molecular flexibility index (Phi) is 5.75. The largest absolute Gasteiger partial charge is 0.497 e. The zero-order chi connectivity index (χ0) is 23.7. The lowest BCUT2D eigenvalue weighted by Gasteiger charge is -2.27. The van der Waals surface area contributed by atoms with Gasteiger partial charge in [0.25, 0.3) is 11.8 Å². The maximum atomic E-state index is 13.3. The number of imidazole rings is 1. The van der Waals surface area contributed by atoms with Gasteiger partial charge >= 0.3 is 0 Å². The maximum absolute atomic E-state index is 13.3. The number of rotatable bonds is 6. The highest BCUT2D eigenvalue weighted by Gasteiger charge is 2.31. The van der Waals surface area contributed by atoms with Crippen molar-refractivity contribution in [3.05, 3.63) is 83.1 Å². The molecule has 174 valence electrons. The van der Waals surface area contributed by atoms with Crippen LogP contribution in [0.3, 0.4) is 0 Å². The van der Waals surface area contributed by atoms with Crippen molar-refractivity contribution in [2.75, 3.05) is 20.2 Å². The average molecular weight is 459 g/mol.